The second-order valence-electron chi connectivity index (χ2n) is 8.25. The Kier molecular flexibility index (Phi) is 6.44. The molecule has 10 heteroatoms. The molecule has 1 fully saturated rings. The van der Waals surface area contributed by atoms with Crippen LogP contribution in [0.15, 0.2) is 53.9 Å². The smallest absolute Gasteiger partial charge is 0.325 e. The van der Waals surface area contributed by atoms with Gasteiger partial charge < -0.3 is 10.2 Å². The third-order valence-electron chi connectivity index (χ3n) is 5.88. The SMILES string of the molecule is Cc1ccc(CN2C(=O)C3SC=CC3N(CC(=O)Nc3ccc(C(F)(F)F)cc3)C2=O)cc1C. The predicted octanol–water partition coefficient (Wildman–Crippen LogP) is 4.72. The first-order chi connectivity index (χ1) is 16.0. The van der Waals surface area contributed by atoms with Crippen LogP contribution in [0.1, 0.15) is 22.3 Å². The molecule has 2 aromatic rings. The van der Waals surface area contributed by atoms with Gasteiger partial charge in [0.15, 0.2) is 0 Å². The minimum absolute atomic E-state index is 0.0829. The summed E-state index contributed by atoms with van der Waals surface area (Å²) >= 11 is 1.29. The van der Waals surface area contributed by atoms with E-state index in [4.69, 9.17) is 0 Å². The van der Waals surface area contributed by atoms with Gasteiger partial charge in [-0.2, -0.15) is 13.2 Å². The number of carbonyl (C=O) groups is 3. The van der Waals surface area contributed by atoms with Gasteiger partial charge in [-0.05, 0) is 60.2 Å². The number of anilines is 1. The summed E-state index contributed by atoms with van der Waals surface area (Å²) in [6, 6.07) is 8.60. The number of thioether (sulfide) groups is 1. The minimum Gasteiger partial charge on any atom is -0.325 e. The van der Waals surface area contributed by atoms with E-state index in [0.29, 0.717) is 0 Å². The summed E-state index contributed by atoms with van der Waals surface area (Å²) in [7, 11) is 0. The molecule has 178 valence electrons. The second-order valence-corrected chi connectivity index (χ2v) is 9.30. The third-order valence-corrected chi connectivity index (χ3v) is 6.97. The fraction of sp³-hybridized carbons (Fsp3) is 0.292. The monoisotopic (exact) mass is 489 g/mol. The molecule has 2 heterocycles. The lowest BCUT2D eigenvalue weighted by Crippen LogP contribution is -2.62. The first-order valence-corrected chi connectivity index (χ1v) is 11.5. The number of alkyl halides is 3. The molecule has 0 saturated carbocycles. The Morgan fingerprint density at radius 2 is 1.76 bits per heavy atom. The molecule has 6 nitrogen and oxygen atoms in total. The molecule has 0 spiro atoms. The number of hydrogen-bond donors (Lipinski definition) is 1. The van der Waals surface area contributed by atoms with E-state index in [9.17, 15) is 27.6 Å². The van der Waals surface area contributed by atoms with Crippen molar-refractivity contribution in [2.24, 2.45) is 0 Å². The van der Waals surface area contributed by atoms with Crippen molar-refractivity contribution in [2.75, 3.05) is 11.9 Å². The lowest BCUT2D eigenvalue weighted by atomic mass is 10.0. The number of benzene rings is 2. The highest BCUT2D eigenvalue weighted by molar-refractivity contribution is 8.03. The van der Waals surface area contributed by atoms with E-state index in [-0.39, 0.29) is 24.7 Å². The third kappa shape index (κ3) is 4.82. The summed E-state index contributed by atoms with van der Waals surface area (Å²) in [6.45, 7) is 3.66. The van der Waals surface area contributed by atoms with Gasteiger partial charge in [-0.15, -0.1) is 11.8 Å². The number of amides is 4. The highest BCUT2D eigenvalue weighted by Crippen LogP contribution is 2.35. The fourth-order valence-corrected chi connectivity index (χ4v) is 4.96. The molecule has 1 saturated heterocycles. The maximum atomic E-state index is 13.3. The molecular formula is C24H22F3N3O3S. The van der Waals surface area contributed by atoms with Crippen molar-refractivity contribution in [1.29, 1.82) is 0 Å². The standard InChI is InChI=1S/C24H22F3N3O3S/c1-14-3-4-16(11-15(14)2)12-30-22(32)21-19(9-10-34-21)29(23(30)33)13-20(31)28-18-7-5-17(6-8-18)24(25,26)27/h3-11,19,21H,12-13H2,1-2H3,(H,28,31). The van der Waals surface area contributed by atoms with Crippen LogP contribution >= 0.6 is 11.8 Å². The zero-order valence-corrected chi connectivity index (χ0v) is 19.2. The Morgan fingerprint density at radius 3 is 2.41 bits per heavy atom. The van der Waals surface area contributed by atoms with E-state index in [0.717, 1.165) is 45.9 Å². The van der Waals surface area contributed by atoms with Crippen LogP contribution in [0, 0.1) is 13.8 Å². The number of nitrogens with zero attached hydrogens (tertiary/aromatic N) is 2. The average Bonchev–Trinajstić information content (AvgIpc) is 3.26. The van der Waals surface area contributed by atoms with Gasteiger partial charge in [0.1, 0.15) is 11.8 Å². The number of hydrogen-bond acceptors (Lipinski definition) is 4. The van der Waals surface area contributed by atoms with Gasteiger partial charge in [-0.25, -0.2) is 4.79 Å². The van der Waals surface area contributed by atoms with Gasteiger partial charge in [-0.1, -0.05) is 24.3 Å². The lowest BCUT2D eigenvalue weighted by molar-refractivity contribution is -0.137. The number of nitrogens with one attached hydrogen (secondary N) is 1. The number of carbonyl (C=O) groups excluding carboxylic acids is 3. The molecule has 0 aliphatic carbocycles. The molecule has 0 radical (unpaired) electrons. The Morgan fingerprint density at radius 1 is 1.06 bits per heavy atom. The number of imide groups is 1. The number of aryl methyl sites for hydroxylation is 2. The van der Waals surface area contributed by atoms with Gasteiger partial charge >= 0.3 is 12.2 Å². The lowest BCUT2D eigenvalue weighted by Gasteiger charge is -2.41. The number of fused-ring (bicyclic) bond motifs is 1. The molecule has 0 aromatic heterocycles. The summed E-state index contributed by atoms with van der Waals surface area (Å²) in [4.78, 5) is 41.4. The molecule has 4 amide bonds. The van der Waals surface area contributed by atoms with Crippen LogP contribution in [0.4, 0.5) is 23.7 Å². The van der Waals surface area contributed by atoms with E-state index in [2.05, 4.69) is 5.32 Å². The van der Waals surface area contributed by atoms with Crippen molar-refractivity contribution in [2.45, 2.75) is 37.9 Å². The summed E-state index contributed by atoms with van der Waals surface area (Å²) in [6.07, 6.45) is -2.76. The molecule has 34 heavy (non-hydrogen) atoms. The molecule has 2 aromatic carbocycles. The fourth-order valence-electron chi connectivity index (χ4n) is 3.89. The van der Waals surface area contributed by atoms with Crippen LogP contribution in [-0.4, -0.2) is 45.5 Å². The van der Waals surface area contributed by atoms with Crippen molar-refractivity contribution in [3.05, 3.63) is 76.2 Å². The number of rotatable bonds is 5. The van der Waals surface area contributed by atoms with Crippen LogP contribution in [0.2, 0.25) is 0 Å². The first kappa shape index (κ1) is 23.9. The largest absolute Gasteiger partial charge is 0.416 e. The van der Waals surface area contributed by atoms with Crippen LogP contribution < -0.4 is 5.32 Å². The Balaban J connectivity index is 1.50. The quantitative estimate of drug-likeness (QED) is 0.660. The molecule has 2 unspecified atom stereocenters. The zero-order chi connectivity index (χ0) is 24.6. The van der Waals surface area contributed by atoms with Gasteiger partial charge in [0, 0.05) is 5.69 Å². The first-order valence-electron chi connectivity index (χ1n) is 10.5. The van der Waals surface area contributed by atoms with Crippen LogP contribution in [0.25, 0.3) is 0 Å². The van der Waals surface area contributed by atoms with Crippen molar-refractivity contribution < 1.29 is 27.6 Å². The van der Waals surface area contributed by atoms with E-state index in [1.165, 1.54) is 16.7 Å². The molecular weight excluding hydrogens is 467 g/mol. The zero-order valence-electron chi connectivity index (χ0n) is 18.4. The van der Waals surface area contributed by atoms with Crippen LogP contribution in [0.3, 0.4) is 0 Å². The van der Waals surface area contributed by atoms with Crippen molar-refractivity contribution in [3.8, 4) is 0 Å². The Labute approximate surface area is 198 Å². The van der Waals surface area contributed by atoms with Crippen molar-refractivity contribution in [1.82, 2.24) is 9.80 Å². The van der Waals surface area contributed by atoms with Crippen LogP contribution in [0.5, 0.6) is 0 Å². The molecule has 1 N–H and O–H groups in total. The van der Waals surface area contributed by atoms with E-state index in [1.807, 2.05) is 32.0 Å². The van der Waals surface area contributed by atoms with E-state index >= 15 is 0 Å². The van der Waals surface area contributed by atoms with Gasteiger partial charge in [0.05, 0.1) is 18.2 Å². The number of urea groups is 1. The summed E-state index contributed by atoms with van der Waals surface area (Å²) in [5.41, 5.74) is 2.29. The Bertz CT molecular complexity index is 1160. The summed E-state index contributed by atoms with van der Waals surface area (Å²) in [5, 5.41) is 3.71. The van der Waals surface area contributed by atoms with E-state index < -0.39 is 35.0 Å². The highest BCUT2D eigenvalue weighted by atomic mass is 32.2. The summed E-state index contributed by atoms with van der Waals surface area (Å²) in [5.74, 6) is -0.889. The maximum Gasteiger partial charge on any atom is 0.416 e. The maximum absolute atomic E-state index is 13.3. The average molecular weight is 490 g/mol. The van der Waals surface area contributed by atoms with Crippen molar-refractivity contribution in [3.63, 3.8) is 0 Å². The normalized spacial score (nSPS) is 20.0. The van der Waals surface area contributed by atoms with Crippen molar-refractivity contribution >= 4 is 35.3 Å². The highest BCUT2D eigenvalue weighted by Gasteiger charge is 2.47. The Hall–Kier alpha value is -3.27. The predicted molar refractivity (Wildman–Crippen MR) is 123 cm³/mol. The molecule has 2 aliphatic rings. The molecule has 4 rings (SSSR count). The molecule has 2 atom stereocenters. The minimum atomic E-state index is -4.48. The summed E-state index contributed by atoms with van der Waals surface area (Å²) < 4.78 is 38.3. The topological polar surface area (TPSA) is 69.7 Å². The van der Waals surface area contributed by atoms with Gasteiger partial charge in [-0.3, -0.25) is 14.5 Å². The van der Waals surface area contributed by atoms with Gasteiger partial charge in [0.2, 0.25) is 11.8 Å². The van der Waals surface area contributed by atoms with Gasteiger partial charge in [0.25, 0.3) is 0 Å². The van der Waals surface area contributed by atoms with Crippen LogP contribution in [-0.2, 0) is 22.3 Å². The van der Waals surface area contributed by atoms with E-state index in [1.54, 1.807) is 11.5 Å². The number of halogens is 3. The molecule has 2 aliphatic heterocycles. The molecule has 0 bridgehead atoms. The second kappa shape index (κ2) is 9.17.